The van der Waals surface area contributed by atoms with Gasteiger partial charge in [0.05, 0.1) is 7.11 Å². The summed E-state index contributed by atoms with van der Waals surface area (Å²) >= 11 is 0. The van der Waals surface area contributed by atoms with Crippen LogP contribution in [-0.4, -0.2) is 33.7 Å². The number of methoxy groups -OCH3 is 2. The fourth-order valence-electron chi connectivity index (χ4n) is 2.81. The Balaban J connectivity index is 2.35. The highest BCUT2D eigenvalue weighted by Gasteiger charge is 2.18. The van der Waals surface area contributed by atoms with Crippen LogP contribution >= 0.6 is 0 Å². The Morgan fingerprint density at radius 3 is 2.44 bits per heavy atom. The van der Waals surface area contributed by atoms with Gasteiger partial charge in [-0.3, -0.25) is 9.36 Å². The van der Waals surface area contributed by atoms with E-state index in [4.69, 9.17) is 9.47 Å². The molecule has 3 heterocycles. The van der Waals surface area contributed by atoms with Gasteiger partial charge in [-0.05, 0) is 32.9 Å². The summed E-state index contributed by atoms with van der Waals surface area (Å²) in [4.78, 5) is 25.8. The Bertz CT molecular complexity index is 998. The van der Waals surface area contributed by atoms with Gasteiger partial charge in [0, 0.05) is 36.2 Å². The third-order valence-corrected chi connectivity index (χ3v) is 4.21. The number of aromatic nitrogens is 4. The zero-order valence-corrected chi connectivity index (χ0v) is 14.9. The molecular weight excluding hydrogens is 320 g/mol. The van der Waals surface area contributed by atoms with E-state index in [0.29, 0.717) is 22.7 Å². The third-order valence-electron chi connectivity index (χ3n) is 4.21. The van der Waals surface area contributed by atoms with Crippen molar-refractivity contribution in [2.24, 2.45) is 0 Å². The van der Waals surface area contributed by atoms with Crippen molar-refractivity contribution >= 4 is 11.2 Å². The van der Waals surface area contributed by atoms with E-state index in [2.05, 4.69) is 15.0 Å². The van der Waals surface area contributed by atoms with E-state index in [1.54, 1.807) is 40.3 Å². The largest absolute Gasteiger partial charge is 0.481 e. The van der Waals surface area contributed by atoms with Gasteiger partial charge in [-0.25, -0.2) is 15.0 Å². The molecule has 3 aromatic rings. The molecule has 0 unspecified atom stereocenters. The summed E-state index contributed by atoms with van der Waals surface area (Å²) in [5.74, 6) is 0.550. The predicted molar refractivity (Wildman–Crippen MR) is 94.8 cm³/mol. The van der Waals surface area contributed by atoms with Crippen LogP contribution in [0.5, 0.6) is 5.88 Å². The number of ether oxygens (including phenoxy) is 2. The molecule has 0 saturated heterocycles. The van der Waals surface area contributed by atoms with Crippen LogP contribution in [0.1, 0.15) is 24.5 Å². The molecule has 1 atom stereocenters. The van der Waals surface area contributed by atoms with Crippen LogP contribution in [0.4, 0.5) is 0 Å². The SMILES string of the molecule is COc1ccc(-c2ccnc3c2nc(C)c(=O)n3[C@H](C)OC)c(C)n1. The standard InChI is InChI=1S/C18H20N4O3/c1-10-13(6-7-15(20-10)25-5)14-8-9-19-17-16(14)21-11(2)18(23)22(17)12(3)24-4/h6-9,12H,1-5H3/t12-/m0/s1. The van der Waals surface area contributed by atoms with Crippen LogP contribution in [0.2, 0.25) is 0 Å². The second-order valence-corrected chi connectivity index (χ2v) is 5.72. The molecule has 0 aliphatic rings. The fourth-order valence-corrected chi connectivity index (χ4v) is 2.81. The van der Waals surface area contributed by atoms with Crippen molar-refractivity contribution < 1.29 is 9.47 Å². The summed E-state index contributed by atoms with van der Waals surface area (Å²) in [6.07, 6.45) is 1.21. The van der Waals surface area contributed by atoms with E-state index < -0.39 is 6.23 Å². The summed E-state index contributed by atoms with van der Waals surface area (Å²) < 4.78 is 12.0. The number of hydrogen-bond acceptors (Lipinski definition) is 6. The molecule has 7 heteroatoms. The van der Waals surface area contributed by atoms with Crippen molar-refractivity contribution in [1.29, 1.82) is 0 Å². The average Bonchev–Trinajstić information content (AvgIpc) is 2.62. The van der Waals surface area contributed by atoms with Crippen molar-refractivity contribution in [2.45, 2.75) is 27.0 Å². The molecule has 0 fully saturated rings. The maximum absolute atomic E-state index is 12.5. The number of fused-ring (bicyclic) bond motifs is 1. The lowest BCUT2D eigenvalue weighted by atomic mass is 10.0. The minimum Gasteiger partial charge on any atom is -0.481 e. The molecule has 7 nitrogen and oxygen atoms in total. The van der Waals surface area contributed by atoms with Gasteiger partial charge in [0.2, 0.25) is 5.88 Å². The van der Waals surface area contributed by atoms with Crippen LogP contribution < -0.4 is 10.3 Å². The van der Waals surface area contributed by atoms with Crippen LogP contribution in [-0.2, 0) is 4.74 Å². The van der Waals surface area contributed by atoms with Gasteiger partial charge in [0.25, 0.3) is 5.56 Å². The molecule has 0 radical (unpaired) electrons. The minimum atomic E-state index is -0.450. The lowest BCUT2D eigenvalue weighted by molar-refractivity contribution is 0.0605. The second-order valence-electron chi connectivity index (χ2n) is 5.72. The maximum Gasteiger partial charge on any atom is 0.275 e. The van der Waals surface area contributed by atoms with Gasteiger partial charge in [-0.15, -0.1) is 0 Å². The Labute approximate surface area is 145 Å². The van der Waals surface area contributed by atoms with E-state index in [1.807, 2.05) is 19.1 Å². The lowest BCUT2D eigenvalue weighted by Crippen LogP contribution is -2.28. The van der Waals surface area contributed by atoms with E-state index in [-0.39, 0.29) is 5.56 Å². The monoisotopic (exact) mass is 340 g/mol. The van der Waals surface area contributed by atoms with Crippen LogP contribution in [0.3, 0.4) is 0 Å². The normalized spacial score (nSPS) is 12.4. The molecule has 0 saturated carbocycles. The lowest BCUT2D eigenvalue weighted by Gasteiger charge is -2.17. The highest BCUT2D eigenvalue weighted by molar-refractivity contribution is 5.90. The quantitative estimate of drug-likeness (QED) is 0.726. The molecule has 3 aromatic heterocycles. The molecule has 0 aliphatic heterocycles. The van der Waals surface area contributed by atoms with Crippen LogP contribution in [0.15, 0.2) is 29.2 Å². The summed E-state index contributed by atoms with van der Waals surface area (Å²) in [6.45, 7) is 5.40. The number of pyridine rings is 2. The number of aryl methyl sites for hydroxylation is 2. The fraction of sp³-hybridized carbons (Fsp3) is 0.333. The first-order chi connectivity index (χ1) is 12.0. The molecule has 0 N–H and O–H groups in total. The average molecular weight is 340 g/mol. The first-order valence-corrected chi connectivity index (χ1v) is 7.90. The van der Waals surface area contributed by atoms with Crippen molar-refractivity contribution in [1.82, 2.24) is 19.5 Å². The topological polar surface area (TPSA) is 79.1 Å². The molecule has 0 bridgehead atoms. The van der Waals surface area contributed by atoms with Gasteiger partial charge >= 0.3 is 0 Å². The van der Waals surface area contributed by atoms with E-state index in [9.17, 15) is 4.79 Å². The number of hydrogen-bond donors (Lipinski definition) is 0. The van der Waals surface area contributed by atoms with Gasteiger partial charge in [0.15, 0.2) is 5.65 Å². The van der Waals surface area contributed by atoms with Crippen molar-refractivity contribution in [2.75, 3.05) is 14.2 Å². The minimum absolute atomic E-state index is 0.212. The molecular formula is C18H20N4O3. The molecule has 0 aliphatic carbocycles. The Kier molecular flexibility index (Phi) is 4.50. The van der Waals surface area contributed by atoms with Gasteiger partial charge in [-0.1, -0.05) is 0 Å². The molecule has 25 heavy (non-hydrogen) atoms. The predicted octanol–water partition coefficient (Wildman–Crippen LogP) is 2.64. The van der Waals surface area contributed by atoms with Gasteiger partial charge < -0.3 is 9.47 Å². The van der Waals surface area contributed by atoms with Crippen molar-refractivity contribution in [3.63, 3.8) is 0 Å². The second kappa shape index (κ2) is 6.60. The molecule has 130 valence electrons. The first kappa shape index (κ1) is 17.0. The summed E-state index contributed by atoms with van der Waals surface area (Å²) in [5.41, 5.74) is 3.88. The van der Waals surface area contributed by atoms with E-state index in [1.165, 1.54) is 4.57 Å². The zero-order valence-electron chi connectivity index (χ0n) is 14.9. The van der Waals surface area contributed by atoms with Crippen molar-refractivity contribution in [3.8, 4) is 17.0 Å². The third kappa shape index (κ3) is 2.87. The Hall–Kier alpha value is -2.80. The molecule has 0 amide bonds. The Morgan fingerprint density at radius 1 is 1.04 bits per heavy atom. The highest BCUT2D eigenvalue weighted by atomic mass is 16.5. The number of nitrogens with zero attached hydrogens (tertiary/aromatic N) is 4. The zero-order chi connectivity index (χ0) is 18.1. The summed E-state index contributed by atoms with van der Waals surface area (Å²) in [7, 11) is 3.14. The maximum atomic E-state index is 12.5. The van der Waals surface area contributed by atoms with E-state index >= 15 is 0 Å². The molecule has 0 spiro atoms. The Morgan fingerprint density at radius 2 is 1.80 bits per heavy atom. The van der Waals surface area contributed by atoms with Crippen LogP contribution in [0, 0.1) is 13.8 Å². The highest BCUT2D eigenvalue weighted by Crippen LogP contribution is 2.29. The summed E-state index contributed by atoms with van der Waals surface area (Å²) in [5, 5.41) is 0. The van der Waals surface area contributed by atoms with Crippen molar-refractivity contribution in [3.05, 3.63) is 46.1 Å². The smallest absolute Gasteiger partial charge is 0.275 e. The molecule has 3 rings (SSSR count). The van der Waals surface area contributed by atoms with Gasteiger partial charge in [-0.2, -0.15) is 0 Å². The first-order valence-electron chi connectivity index (χ1n) is 7.90. The molecule has 0 aromatic carbocycles. The van der Waals surface area contributed by atoms with Crippen LogP contribution in [0.25, 0.3) is 22.3 Å². The number of rotatable bonds is 4. The van der Waals surface area contributed by atoms with Gasteiger partial charge in [0.1, 0.15) is 17.4 Å². The summed E-state index contributed by atoms with van der Waals surface area (Å²) in [6, 6.07) is 5.61. The van der Waals surface area contributed by atoms with E-state index in [0.717, 1.165) is 16.8 Å².